The van der Waals surface area contributed by atoms with Crippen LogP contribution < -0.4 is 20.1 Å². The predicted octanol–water partition coefficient (Wildman–Crippen LogP) is 3.63. The summed E-state index contributed by atoms with van der Waals surface area (Å²) < 4.78 is 24.5. The van der Waals surface area contributed by atoms with Gasteiger partial charge in [0, 0.05) is 25.6 Å². The van der Waals surface area contributed by atoms with Crippen LogP contribution in [0.4, 0.5) is 4.39 Å². The van der Waals surface area contributed by atoms with Crippen molar-refractivity contribution in [2.24, 2.45) is 4.99 Å². The maximum absolute atomic E-state index is 13.6. The summed E-state index contributed by atoms with van der Waals surface area (Å²) in [6.45, 7) is 3.87. The zero-order chi connectivity index (χ0) is 20.0. The van der Waals surface area contributed by atoms with E-state index >= 15 is 0 Å². The lowest BCUT2D eigenvalue weighted by Crippen LogP contribution is -2.40. The molecule has 0 saturated heterocycles. The monoisotopic (exact) mass is 385 g/mol. The van der Waals surface area contributed by atoms with E-state index in [9.17, 15) is 4.39 Å². The van der Waals surface area contributed by atoms with Crippen molar-refractivity contribution in [1.29, 1.82) is 0 Å². The van der Waals surface area contributed by atoms with Crippen LogP contribution in [0.15, 0.2) is 47.5 Å². The second-order valence-electron chi connectivity index (χ2n) is 6.99. The third-order valence-corrected chi connectivity index (χ3v) is 5.10. The van der Waals surface area contributed by atoms with Gasteiger partial charge in [0.1, 0.15) is 5.82 Å². The number of aliphatic imine (C=N–C) groups is 1. The first-order valence-electron chi connectivity index (χ1n) is 9.60. The second kappa shape index (κ2) is 8.95. The maximum atomic E-state index is 13.6. The summed E-state index contributed by atoms with van der Waals surface area (Å²) in [5, 5.41) is 6.70. The average Bonchev–Trinajstić information content (AvgIpc) is 3.50. The van der Waals surface area contributed by atoms with E-state index in [1.165, 1.54) is 6.07 Å². The SMILES string of the molecule is CCOc1ccc(CNC(=NC)NCC2(c3cccc(F)c3)CC2)cc1OC. The van der Waals surface area contributed by atoms with Crippen LogP contribution in [0, 0.1) is 5.82 Å². The molecule has 28 heavy (non-hydrogen) atoms. The van der Waals surface area contributed by atoms with Gasteiger partial charge in [-0.1, -0.05) is 18.2 Å². The van der Waals surface area contributed by atoms with Gasteiger partial charge in [0.15, 0.2) is 17.5 Å². The Labute approximate surface area is 166 Å². The van der Waals surface area contributed by atoms with Crippen LogP contribution in [-0.4, -0.2) is 33.3 Å². The summed E-state index contributed by atoms with van der Waals surface area (Å²) in [6, 6.07) is 12.8. The zero-order valence-electron chi connectivity index (χ0n) is 16.7. The molecule has 0 bridgehead atoms. The van der Waals surface area contributed by atoms with Gasteiger partial charge >= 0.3 is 0 Å². The summed E-state index contributed by atoms with van der Waals surface area (Å²) in [4.78, 5) is 4.30. The number of halogens is 1. The third-order valence-electron chi connectivity index (χ3n) is 5.10. The molecule has 0 atom stereocenters. The highest BCUT2D eigenvalue weighted by molar-refractivity contribution is 5.79. The van der Waals surface area contributed by atoms with Gasteiger partial charge in [0.25, 0.3) is 0 Å². The molecule has 1 saturated carbocycles. The van der Waals surface area contributed by atoms with Crippen molar-refractivity contribution in [3.63, 3.8) is 0 Å². The van der Waals surface area contributed by atoms with Crippen LogP contribution in [-0.2, 0) is 12.0 Å². The summed E-state index contributed by atoms with van der Waals surface area (Å²) in [5.74, 6) is 1.99. The van der Waals surface area contributed by atoms with Crippen molar-refractivity contribution in [2.75, 3.05) is 27.3 Å². The summed E-state index contributed by atoms with van der Waals surface area (Å²) in [7, 11) is 3.38. The van der Waals surface area contributed by atoms with Crippen LogP contribution in [0.3, 0.4) is 0 Å². The van der Waals surface area contributed by atoms with Crippen molar-refractivity contribution in [2.45, 2.75) is 31.7 Å². The summed E-state index contributed by atoms with van der Waals surface area (Å²) in [5.41, 5.74) is 2.11. The first-order chi connectivity index (χ1) is 13.6. The van der Waals surface area contributed by atoms with Crippen molar-refractivity contribution in [3.05, 3.63) is 59.4 Å². The van der Waals surface area contributed by atoms with E-state index in [2.05, 4.69) is 15.6 Å². The highest BCUT2D eigenvalue weighted by atomic mass is 19.1. The smallest absolute Gasteiger partial charge is 0.191 e. The molecule has 1 fully saturated rings. The predicted molar refractivity (Wildman–Crippen MR) is 110 cm³/mol. The van der Waals surface area contributed by atoms with Crippen molar-refractivity contribution in [3.8, 4) is 11.5 Å². The molecule has 0 radical (unpaired) electrons. The van der Waals surface area contributed by atoms with Crippen LogP contribution >= 0.6 is 0 Å². The van der Waals surface area contributed by atoms with Crippen LogP contribution in [0.2, 0.25) is 0 Å². The molecule has 2 N–H and O–H groups in total. The minimum absolute atomic E-state index is 0.00206. The third kappa shape index (κ3) is 4.74. The first-order valence-corrected chi connectivity index (χ1v) is 9.60. The Morgan fingerprint density at radius 3 is 2.61 bits per heavy atom. The molecule has 5 nitrogen and oxygen atoms in total. The Morgan fingerprint density at radius 1 is 1.14 bits per heavy atom. The fourth-order valence-corrected chi connectivity index (χ4v) is 3.29. The molecule has 0 unspecified atom stereocenters. The van der Waals surface area contributed by atoms with E-state index in [0.717, 1.165) is 42.2 Å². The molecular formula is C22H28FN3O2. The van der Waals surface area contributed by atoms with Crippen LogP contribution in [0.5, 0.6) is 11.5 Å². The van der Waals surface area contributed by atoms with E-state index in [1.807, 2.05) is 31.2 Å². The molecule has 150 valence electrons. The molecule has 0 aromatic heterocycles. The molecule has 6 heteroatoms. The maximum Gasteiger partial charge on any atom is 0.191 e. The van der Waals surface area contributed by atoms with Gasteiger partial charge in [-0.2, -0.15) is 0 Å². The van der Waals surface area contributed by atoms with Crippen molar-refractivity contribution >= 4 is 5.96 Å². The fraction of sp³-hybridized carbons (Fsp3) is 0.409. The fourth-order valence-electron chi connectivity index (χ4n) is 3.29. The number of hydrogen-bond donors (Lipinski definition) is 2. The van der Waals surface area contributed by atoms with Gasteiger partial charge < -0.3 is 20.1 Å². The van der Waals surface area contributed by atoms with Crippen LogP contribution in [0.25, 0.3) is 0 Å². The molecule has 0 aliphatic heterocycles. The first kappa shape index (κ1) is 20.0. The average molecular weight is 385 g/mol. The molecular weight excluding hydrogens is 357 g/mol. The van der Waals surface area contributed by atoms with Gasteiger partial charge in [0.2, 0.25) is 0 Å². The topological polar surface area (TPSA) is 54.9 Å². The minimum atomic E-state index is -0.185. The van der Waals surface area contributed by atoms with E-state index in [0.29, 0.717) is 18.9 Å². The Bertz CT molecular complexity index is 834. The quantitative estimate of drug-likeness (QED) is 0.538. The molecule has 1 aliphatic rings. The standard InChI is InChI=1S/C22H28FN3O2/c1-4-28-19-9-8-16(12-20(19)27-3)14-25-21(24-2)26-15-22(10-11-22)17-6-5-7-18(23)13-17/h5-9,12-13H,4,10-11,14-15H2,1-3H3,(H2,24,25,26). The molecule has 3 rings (SSSR count). The summed E-state index contributed by atoms with van der Waals surface area (Å²) >= 11 is 0. The lowest BCUT2D eigenvalue weighted by Gasteiger charge is -2.19. The number of guanidine groups is 1. The molecule has 0 amide bonds. The van der Waals surface area contributed by atoms with Gasteiger partial charge in [-0.3, -0.25) is 4.99 Å². The zero-order valence-corrected chi connectivity index (χ0v) is 16.7. The number of nitrogens with zero attached hydrogens (tertiary/aromatic N) is 1. The van der Waals surface area contributed by atoms with E-state index < -0.39 is 0 Å². The Morgan fingerprint density at radius 2 is 1.96 bits per heavy atom. The van der Waals surface area contributed by atoms with Gasteiger partial charge in [0.05, 0.1) is 13.7 Å². The lowest BCUT2D eigenvalue weighted by atomic mass is 9.96. The normalized spacial score (nSPS) is 15.1. The highest BCUT2D eigenvalue weighted by Gasteiger charge is 2.44. The van der Waals surface area contributed by atoms with Crippen molar-refractivity contribution in [1.82, 2.24) is 10.6 Å². The number of rotatable bonds is 8. The minimum Gasteiger partial charge on any atom is -0.493 e. The Hall–Kier alpha value is -2.76. The largest absolute Gasteiger partial charge is 0.493 e. The van der Waals surface area contributed by atoms with E-state index in [-0.39, 0.29) is 11.2 Å². The highest BCUT2D eigenvalue weighted by Crippen LogP contribution is 2.47. The lowest BCUT2D eigenvalue weighted by molar-refractivity contribution is 0.310. The number of nitrogens with one attached hydrogen (secondary N) is 2. The molecule has 0 spiro atoms. The molecule has 1 aliphatic carbocycles. The van der Waals surface area contributed by atoms with Crippen molar-refractivity contribution < 1.29 is 13.9 Å². The molecule has 0 heterocycles. The van der Waals surface area contributed by atoms with E-state index in [1.54, 1.807) is 26.3 Å². The number of ether oxygens (including phenoxy) is 2. The van der Waals surface area contributed by atoms with Crippen LogP contribution in [0.1, 0.15) is 30.9 Å². The van der Waals surface area contributed by atoms with Gasteiger partial charge in [-0.25, -0.2) is 4.39 Å². The Balaban J connectivity index is 1.57. The molecule has 2 aromatic carbocycles. The van der Waals surface area contributed by atoms with E-state index in [4.69, 9.17) is 9.47 Å². The van der Waals surface area contributed by atoms with Gasteiger partial charge in [-0.15, -0.1) is 0 Å². The number of benzene rings is 2. The second-order valence-corrected chi connectivity index (χ2v) is 6.99. The van der Waals surface area contributed by atoms with Gasteiger partial charge in [-0.05, 0) is 55.2 Å². The Kier molecular flexibility index (Phi) is 6.39. The number of hydrogen-bond acceptors (Lipinski definition) is 3. The number of methoxy groups -OCH3 is 1. The summed E-state index contributed by atoms with van der Waals surface area (Å²) in [6.07, 6.45) is 2.10. The molecule has 2 aromatic rings.